The van der Waals surface area contributed by atoms with Gasteiger partial charge in [-0.05, 0) is 0 Å². The molecule has 0 aromatic rings. The highest BCUT2D eigenvalue weighted by Crippen LogP contribution is 2.56. The fourth-order valence-corrected chi connectivity index (χ4v) is 0.503. The van der Waals surface area contributed by atoms with Gasteiger partial charge in [-0.15, -0.1) is 0 Å². The van der Waals surface area contributed by atoms with Gasteiger partial charge in [0, 0.05) is 6.92 Å². The fraction of sp³-hybridized carbons (Fsp3) is 1.00. The molecular formula is C3H4O4. The van der Waals surface area contributed by atoms with Gasteiger partial charge in [-0.3, -0.25) is 4.74 Å². The van der Waals surface area contributed by atoms with Gasteiger partial charge in [-0.25, -0.2) is 0 Å². The Hall–Kier alpha value is -0.160. The zero-order valence-electron chi connectivity index (χ0n) is 3.67. The molecule has 2 atom stereocenters. The van der Waals surface area contributed by atoms with Crippen LogP contribution in [0.5, 0.6) is 0 Å². The molecule has 2 aliphatic heterocycles. The number of epoxide rings is 1. The summed E-state index contributed by atoms with van der Waals surface area (Å²) in [5, 5.41) is 8.68. The quantitative estimate of drug-likeness (QED) is 0.327. The minimum atomic E-state index is -1.40. The number of rotatable bonds is 0. The minimum absolute atomic E-state index is 0.840. The molecule has 2 unspecified atom stereocenters. The summed E-state index contributed by atoms with van der Waals surface area (Å²) >= 11 is 0. The van der Waals surface area contributed by atoms with Gasteiger partial charge in [0.15, 0.2) is 0 Å². The number of hydrogen-bond donors (Lipinski definition) is 1. The highest BCUT2D eigenvalue weighted by molar-refractivity contribution is 4.93. The maximum Gasteiger partial charge on any atom is 0.371 e. The van der Waals surface area contributed by atoms with Crippen LogP contribution in [0.4, 0.5) is 0 Å². The third-order valence-corrected chi connectivity index (χ3v) is 1.18. The zero-order valence-corrected chi connectivity index (χ0v) is 3.67. The molecule has 0 aromatic carbocycles. The first-order chi connectivity index (χ1) is 3.16. The Bertz CT molecular complexity index is 110. The lowest BCUT2D eigenvalue weighted by Gasteiger charge is -2.17. The summed E-state index contributed by atoms with van der Waals surface area (Å²) in [5.74, 6) is -2.24. The first-order valence-corrected chi connectivity index (χ1v) is 1.96. The zero-order chi connectivity index (χ0) is 5.12. The van der Waals surface area contributed by atoms with Crippen LogP contribution in [-0.2, 0) is 14.5 Å². The Morgan fingerprint density at radius 2 is 2.00 bits per heavy atom. The second kappa shape index (κ2) is 0.621. The normalized spacial score (nSPS) is 66.0. The second-order valence-corrected chi connectivity index (χ2v) is 1.80. The molecule has 0 aromatic heterocycles. The first-order valence-electron chi connectivity index (χ1n) is 1.96. The van der Waals surface area contributed by atoms with E-state index in [0.717, 1.165) is 0 Å². The summed E-state index contributed by atoms with van der Waals surface area (Å²) in [6.45, 7) is 1.59. The third-order valence-electron chi connectivity index (χ3n) is 1.18. The van der Waals surface area contributed by atoms with Crippen molar-refractivity contribution in [1.29, 1.82) is 0 Å². The minimum Gasteiger partial charge on any atom is -0.337 e. The molecule has 0 saturated carbocycles. The molecule has 4 heteroatoms. The van der Waals surface area contributed by atoms with E-state index in [4.69, 9.17) is 5.11 Å². The Kier molecular flexibility index (Phi) is 0.337. The van der Waals surface area contributed by atoms with Gasteiger partial charge in [-0.1, -0.05) is 0 Å². The first kappa shape index (κ1) is 3.80. The molecule has 0 radical (unpaired) electrons. The molecule has 2 saturated heterocycles. The van der Waals surface area contributed by atoms with Gasteiger partial charge in [0.2, 0.25) is 0 Å². The molecule has 7 heavy (non-hydrogen) atoms. The molecule has 0 spiro atoms. The predicted molar refractivity (Wildman–Crippen MR) is 16.6 cm³/mol. The maximum absolute atomic E-state index is 8.68. The van der Waals surface area contributed by atoms with Gasteiger partial charge in [-0.2, -0.15) is 9.78 Å². The van der Waals surface area contributed by atoms with E-state index in [-0.39, 0.29) is 0 Å². The molecule has 1 N–H and O–H groups in total. The second-order valence-electron chi connectivity index (χ2n) is 1.80. The van der Waals surface area contributed by atoms with Crippen molar-refractivity contribution in [3.8, 4) is 0 Å². The van der Waals surface area contributed by atoms with Crippen LogP contribution in [0.1, 0.15) is 6.92 Å². The van der Waals surface area contributed by atoms with E-state index in [1.165, 1.54) is 0 Å². The van der Waals surface area contributed by atoms with E-state index in [1.807, 2.05) is 0 Å². The SMILES string of the molecule is CC12OOC1(O)O2. The van der Waals surface area contributed by atoms with Crippen molar-refractivity contribution in [2.24, 2.45) is 0 Å². The van der Waals surface area contributed by atoms with Gasteiger partial charge in [0.25, 0.3) is 5.79 Å². The van der Waals surface area contributed by atoms with Crippen LogP contribution in [0.15, 0.2) is 0 Å². The molecule has 2 rings (SSSR count). The fourth-order valence-electron chi connectivity index (χ4n) is 0.503. The highest BCUT2D eigenvalue weighted by Gasteiger charge is 2.82. The van der Waals surface area contributed by atoms with Crippen LogP contribution in [0.3, 0.4) is 0 Å². The van der Waals surface area contributed by atoms with Crippen molar-refractivity contribution in [2.75, 3.05) is 0 Å². The average Bonchev–Trinajstić information content (AvgIpc) is 1.89. The van der Waals surface area contributed by atoms with E-state index in [0.29, 0.717) is 0 Å². The summed E-state index contributed by atoms with van der Waals surface area (Å²) < 4.78 is 4.51. The van der Waals surface area contributed by atoms with Crippen molar-refractivity contribution in [1.82, 2.24) is 0 Å². The van der Waals surface area contributed by atoms with Crippen LogP contribution in [0.25, 0.3) is 0 Å². The van der Waals surface area contributed by atoms with Crippen LogP contribution < -0.4 is 0 Å². The Balaban J connectivity index is 2.26. The summed E-state index contributed by atoms with van der Waals surface area (Å²) in [6.07, 6.45) is 0. The molecule has 0 bridgehead atoms. The lowest BCUT2D eigenvalue weighted by molar-refractivity contribution is -0.509. The Morgan fingerprint density at radius 3 is 2.00 bits per heavy atom. The number of fused-ring (bicyclic) bond motifs is 1. The van der Waals surface area contributed by atoms with E-state index >= 15 is 0 Å². The van der Waals surface area contributed by atoms with Gasteiger partial charge >= 0.3 is 5.97 Å². The molecule has 2 heterocycles. The molecular weight excluding hydrogens is 100 g/mol. The Labute approximate surface area is 39.5 Å². The van der Waals surface area contributed by atoms with Crippen LogP contribution in [0, 0.1) is 0 Å². The summed E-state index contributed by atoms with van der Waals surface area (Å²) in [4.78, 5) is 8.45. The average molecular weight is 104 g/mol. The van der Waals surface area contributed by atoms with Crippen LogP contribution in [-0.4, -0.2) is 16.9 Å². The molecule has 4 nitrogen and oxygen atoms in total. The molecule has 0 aliphatic carbocycles. The number of hydrogen-bond acceptors (Lipinski definition) is 4. The standard InChI is InChI=1S/C3H4O4/c1-2-3(4,5-2)7-6-2/h4H,1H3. The van der Waals surface area contributed by atoms with E-state index < -0.39 is 11.8 Å². The van der Waals surface area contributed by atoms with Crippen molar-refractivity contribution >= 4 is 0 Å². The maximum atomic E-state index is 8.68. The largest absolute Gasteiger partial charge is 0.371 e. The topological polar surface area (TPSA) is 51.2 Å². The predicted octanol–water partition coefficient (Wildman–Crippen LogP) is -0.659. The van der Waals surface area contributed by atoms with Gasteiger partial charge < -0.3 is 5.11 Å². The van der Waals surface area contributed by atoms with Crippen molar-refractivity contribution in [3.63, 3.8) is 0 Å². The van der Waals surface area contributed by atoms with E-state index in [9.17, 15) is 0 Å². The van der Waals surface area contributed by atoms with Crippen molar-refractivity contribution in [2.45, 2.75) is 18.7 Å². The Morgan fingerprint density at radius 1 is 1.43 bits per heavy atom. The highest BCUT2D eigenvalue weighted by atomic mass is 17.4. The molecule has 0 amide bonds. The van der Waals surface area contributed by atoms with E-state index in [1.54, 1.807) is 6.92 Å². The van der Waals surface area contributed by atoms with Crippen LogP contribution >= 0.6 is 0 Å². The van der Waals surface area contributed by atoms with Gasteiger partial charge in [0.1, 0.15) is 0 Å². The molecule has 40 valence electrons. The molecule has 2 fully saturated rings. The van der Waals surface area contributed by atoms with Gasteiger partial charge in [0.05, 0.1) is 0 Å². The van der Waals surface area contributed by atoms with E-state index in [2.05, 4.69) is 14.5 Å². The smallest absolute Gasteiger partial charge is 0.337 e. The van der Waals surface area contributed by atoms with Crippen LogP contribution in [0.2, 0.25) is 0 Å². The third kappa shape index (κ3) is 0.219. The van der Waals surface area contributed by atoms with Crippen molar-refractivity contribution < 1.29 is 19.6 Å². The lowest BCUT2D eigenvalue weighted by Crippen LogP contribution is -2.39. The molecule has 2 aliphatic rings. The number of ether oxygens (including phenoxy) is 1. The monoisotopic (exact) mass is 104 g/mol. The summed E-state index contributed by atoms with van der Waals surface area (Å²) in [5.41, 5.74) is 0. The summed E-state index contributed by atoms with van der Waals surface area (Å²) in [7, 11) is 0. The number of aliphatic hydroxyl groups is 1. The lowest BCUT2D eigenvalue weighted by atomic mass is 10.4. The van der Waals surface area contributed by atoms with Crippen molar-refractivity contribution in [3.05, 3.63) is 0 Å². The summed E-state index contributed by atoms with van der Waals surface area (Å²) in [6, 6.07) is 0.